The van der Waals surface area contributed by atoms with Crippen molar-refractivity contribution in [1.29, 1.82) is 0 Å². The van der Waals surface area contributed by atoms with Gasteiger partial charge in [0.25, 0.3) is 0 Å². The third-order valence-electron chi connectivity index (χ3n) is 6.07. The van der Waals surface area contributed by atoms with Gasteiger partial charge in [-0.1, -0.05) is 27.4 Å². The molecule has 0 aromatic rings. The van der Waals surface area contributed by atoms with Crippen LogP contribution in [0.1, 0.15) is 53.9 Å². The third kappa shape index (κ3) is 1.72. The van der Waals surface area contributed by atoms with Crippen molar-refractivity contribution >= 4 is 5.97 Å². The second-order valence-electron chi connectivity index (χ2n) is 7.11. The standard InChI is InChI=1S/C16H26O2/c1-10(2)14(17)18-11(3)13-9-12-7-8-16(13,6)15(12,4)5/h11-13H,1,7-9H2,2-6H3. The average molecular weight is 250 g/mol. The van der Waals surface area contributed by atoms with Crippen LogP contribution in [-0.2, 0) is 9.53 Å². The topological polar surface area (TPSA) is 26.3 Å². The lowest BCUT2D eigenvalue weighted by molar-refractivity contribution is -0.149. The van der Waals surface area contributed by atoms with Gasteiger partial charge in [-0.2, -0.15) is 0 Å². The third-order valence-corrected chi connectivity index (χ3v) is 6.07. The Morgan fingerprint density at radius 2 is 2.00 bits per heavy atom. The van der Waals surface area contributed by atoms with Crippen molar-refractivity contribution in [3.63, 3.8) is 0 Å². The molecule has 0 saturated heterocycles. The van der Waals surface area contributed by atoms with Crippen molar-refractivity contribution in [2.75, 3.05) is 0 Å². The maximum atomic E-state index is 11.7. The van der Waals surface area contributed by atoms with Crippen LogP contribution >= 0.6 is 0 Å². The quantitative estimate of drug-likeness (QED) is 0.560. The van der Waals surface area contributed by atoms with Crippen LogP contribution in [0.4, 0.5) is 0 Å². The van der Waals surface area contributed by atoms with E-state index >= 15 is 0 Å². The molecule has 0 aliphatic heterocycles. The zero-order chi connectivity index (χ0) is 13.7. The number of hydrogen-bond donors (Lipinski definition) is 0. The summed E-state index contributed by atoms with van der Waals surface area (Å²) in [5.74, 6) is 1.04. The molecule has 0 aromatic heterocycles. The maximum absolute atomic E-state index is 11.7. The van der Waals surface area contributed by atoms with E-state index in [0.29, 0.717) is 22.3 Å². The Hall–Kier alpha value is -0.790. The second kappa shape index (κ2) is 4.11. The number of esters is 1. The summed E-state index contributed by atoms with van der Waals surface area (Å²) in [5.41, 5.74) is 1.18. The van der Waals surface area contributed by atoms with Gasteiger partial charge >= 0.3 is 5.97 Å². The van der Waals surface area contributed by atoms with Crippen LogP contribution in [0.5, 0.6) is 0 Å². The molecule has 2 fully saturated rings. The Kier molecular flexibility index (Phi) is 3.11. The van der Waals surface area contributed by atoms with Crippen molar-refractivity contribution in [1.82, 2.24) is 0 Å². The molecule has 4 unspecified atom stereocenters. The SMILES string of the molecule is C=C(C)C(=O)OC(C)C1CC2CCC1(C)C2(C)C. The van der Waals surface area contributed by atoms with Crippen molar-refractivity contribution in [3.05, 3.63) is 12.2 Å². The van der Waals surface area contributed by atoms with Crippen LogP contribution in [0.3, 0.4) is 0 Å². The van der Waals surface area contributed by atoms with Crippen molar-refractivity contribution in [3.8, 4) is 0 Å². The van der Waals surface area contributed by atoms with Crippen LogP contribution in [-0.4, -0.2) is 12.1 Å². The Morgan fingerprint density at radius 1 is 1.39 bits per heavy atom. The zero-order valence-electron chi connectivity index (χ0n) is 12.4. The van der Waals surface area contributed by atoms with Gasteiger partial charge < -0.3 is 4.74 Å². The highest BCUT2D eigenvalue weighted by molar-refractivity contribution is 5.87. The molecule has 2 aliphatic rings. The van der Waals surface area contributed by atoms with Gasteiger partial charge in [-0.15, -0.1) is 0 Å². The predicted octanol–water partition coefficient (Wildman–Crippen LogP) is 3.96. The molecule has 0 heterocycles. The molecule has 2 heteroatoms. The Morgan fingerprint density at radius 3 is 2.39 bits per heavy atom. The molecule has 0 radical (unpaired) electrons. The normalized spacial score (nSPS) is 38.5. The fourth-order valence-electron chi connectivity index (χ4n) is 4.33. The molecule has 2 bridgehead atoms. The van der Waals surface area contributed by atoms with Crippen molar-refractivity contribution < 1.29 is 9.53 Å². The average Bonchev–Trinajstić information content (AvgIpc) is 2.60. The van der Waals surface area contributed by atoms with E-state index in [1.165, 1.54) is 19.3 Å². The van der Waals surface area contributed by atoms with Gasteiger partial charge in [-0.25, -0.2) is 4.79 Å². The Bertz CT molecular complexity index is 383. The number of fused-ring (bicyclic) bond motifs is 2. The van der Waals surface area contributed by atoms with E-state index in [9.17, 15) is 4.79 Å². The lowest BCUT2D eigenvalue weighted by Gasteiger charge is -2.41. The molecule has 4 atom stereocenters. The minimum absolute atomic E-state index is 0.00350. The zero-order valence-corrected chi connectivity index (χ0v) is 12.4. The molecule has 2 rings (SSSR count). The molecular formula is C16H26O2. The lowest BCUT2D eigenvalue weighted by Crippen LogP contribution is -2.39. The summed E-state index contributed by atoms with van der Waals surface area (Å²) >= 11 is 0. The van der Waals surface area contributed by atoms with Crippen LogP contribution in [0.15, 0.2) is 12.2 Å². The highest BCUT2D eigenvalue weighted by atomic mass is 16.5. The van der Waals surface area contributed by atoms with E-state index in [1.807, 2.05) is 6.92 Å². The summed E-state index contributed by atoms with van der Waals surface area (Å²) in [7, 11) is 0. The largest absolute Gasteiger partial charge is 0.459 e. The molecule has 0 N–H and O–H groups in total. The van der Waals surface area contributed by atoms with Gasteiger partial charge in [-0.3, -0.25) is 0 Å². The minimum atomic E-state index is -0.244. The molecular weight excluding hydrogens is 224 g/mol. The van der Waals surface area contributed by atoms with Crippen molar-refractivity contribution in [2.24, 2.45) is 22.7 Å². The summed E-state index contributed by atoms with van der Waals surface area (Å²) in [6, 6.07) is 0. The van der Waals surface area contributed by atoms with E-state index in [4.69, 9.17) is 4.74 Å². The number of rotatable bonds is 3. The van der Waals surface area contributed by atoms with E-state index in [0.717, 1.165) is 5.92 Å². The smallest absolute Gasteiger partial charge is 0.333 e. The summed E-state index contributed by atoms with van der Waals surface area (Å²) in [5, 5.41) is 0. The van der Waals surface area contributed by atoms with E-state index in [-0.39, 0.29) is 12.1 Å². The van der Waals surface area contributed by atoms with Crippen molar-refractivity contribution in [2.45, 2.75) is 60.0 Å². The first-order chi connectivity index (χ1) is 8.20. The fourth-order valence-corrected chi connectivity index (χ4v) is 4.33. The van der Waals surface area contributed by atoms with Gasteiger partial charge in [0.15, 0.2) is 0 Å². The molecule has 102 valence electrons. The van der Waals surface area contributed by atoms with Gasteiger partial charge in [0.2, 0.25) is 0 Å². The fraction of sp³-hybridized carbons (Fsp3) is 0.812. The number of carbonyl (C=O) groups excluding carboxylic acids is 1. The summed E-state index contributed by atoms with van der Waals surface area (Å²) in [6.07, 6.45) is 3.81. The summed E-state index contributed by atoms with van der Waals surface area (Å²) in [6.45, 7) is 14.6. The van der Waals surface area contributed by atoms with Gasteiger partial charge in [-0.05, 0) is 49.9 Å². The van der Waals surface area contributed by atoms with E-state index in [1.54, 1.807) is 6.92 Å². The number of ether oxygens (including phenoxy) is 1. The first-order valence-corrected chi connectivity index (χ1v) is 7.06. The maximum Gasteiger partial charge on any atom is 0.333 e. The van der Waals surface area contributed by atoms with Crippen LogP contribution in [0.2, 0.25) is 0 Å². The molecule has 18 heavy (non-hydrogen) atoms. The Labute approximate surface area is 111 Å². The van der Waals surface area contributed by atoms with Crippen LogP contribution in [0.25, 0.3) is 0 Å². The van der Waals surface area contributed by atoms with Crippen LogP contribution < -0.4 is 0 Å². The first-order valence-electron chi connectivity index (χ1n) is 7.06. The highest BCUT2D eigenvalue weighted by Gasteiger charge is 2.62. The van der Waals surface area contributed by atoms with E-state index < -0.39 is 0 Å². The first kappa shape index (κ1) is 13.6. The minimum Gasteiger partial charge on any atom is -0.459 e. The monoisotopic (exact) mass is 250 g/mol. The summed E-state index contributed by atoms with van der Waals surface area (Å²) < 4.78 is 5.57. The predicted molar refractivity (Wildman–Crippen MR) is 73.1 cm³/mol. The number of carbonyl (C=O) groups is 1. The van der Waals surface area contributed by atoms with Gasteiger partial charge in [0.05, 0.1) is 0 Å². The molecule has 0 aromatic carbocycles. The Balaban J connectivity index is 2.12. The molecule has 0 amide bonds. The number of hydrogen-bond acceptors (Lipinski definition) is 2. The van der Waals surface area contributed by atoms with Gasteiger partial charge in [0, 0.05) is 11.5 Å². The lowest BCUT2D eigenvalue weighted by atomic mass is 9.65. The molecule has 2 nitrogen and oxygen atoms in total. The second-order valence-corrected chi connectivity index (χ2v) is 7.11. The molecule has 0 spiro atoms. The molecule has 2 saturated carbocycles. The summed E-state index contributed by atoms with van der Waals surface area (Å²) in [4.78, 5) is 11.7. The van der Waals surface area contributed by atoms with Gasteiger partial charge in [0.1, 0.15) is 6.10 Å². The van der Waals surface area contributed by atoms with E-state index in [2.05, 4.69) is 27.4 Å². The highest BCUT2D eigenvalue weighted by Crippen LogP contribution is 2.68. The van der Waals surface area contributed by atoms with Crippen LogP contribution in [0, 0.1) is 22.7 Å². The molecule has 2 aliphatic carbocycles.